The number of rotatable bonds is 5. The van der Waals surface area contributed by atoms with Gasteiger partial charge in [0.05, 0.1) is 24.7 Å². The molecule has 7 nitrogen and oxygen atoms in total. The molecule has 0 radical (unpaired) electrons. The lowest BCUT2D eigenvalue weighted by Crippen LogP contribution is -2.55. The van der Waals surface area contributed by atoms with Crippen molar-refractivity contribution in [2.24, 2.45) is 16.8 Å². The Bertz CT molecular complexity index is 849. The molecular weight excluding hydrogens is 407 g/mol. The molecule has 0 aliphatic carbocycles. The van der Waals surface area contributed by atoms with Crippen LogP contribution in [0, 0.1) is 29.0 Å². The van der Waals surface area contributed by atoms with Crippen molar-refractivity contribution in [2.45, 2.75) is 33.7 Å². The summed E-state index contributed by atoms with van der Waals surface area (Å²) in [6.07, 6.45) is 1.19. The van der Waals surface area contributed by atoms with E-state index >= 15 is 0 Å². The normalized spacial score (nSPS) is 22.5. The minimum atomic E-state index is -0.353. The van der Waals surface area contributed by atoms with Gasteiger partial charge in [0.1, 0.15) is 5.82 Å². The van der Waals surface area contributed by atoms with Crippen LogP contribution in [-0.2, 0) is 11.3 Å². The second-order valence-electron chi connectivity index (χ2n) is 9.10. The summed E-state index contributed by atoms with van der Waals surface area (Å²) in [5.41, 5.74) is 0.839. The highest BCUT2D eigenvalue weighted by Gasteiger charge is 2.28. The molecule has 1 N–H and O–H groups in total. The smallest absolute Gasteiger partial charge is 0.236 e. The molecule has 0 aromatic heterocycles. The molecule has 2 aliphatic heterocycles. The van der Waals surface area contributed by atoms with E-state index in [9.17, 15) is 9.18 Å². The van der Waals surface area contributed by atoms with Gasteiger partial charge in [-0.25, -0.2) is 9.38 Å². The lowest BCUT2D eigenvalue weighted by Gasteiger charge is -2.39. The molecule has 3 rings (SSSR count). The summed E-state index contributed by atoms with van der Waals surface area (Å²) in [4.78, 5) is 23.8. The standard InChI is InChI=1S/C24H35FN6O/c1-4-27-24(28-14-21-12-20(13-26)5-6-22(21)25)30-9-7-29(8-10-30)17-23(32)31-15-18(2)11-19(3)16-31/h5-6,12,18-19H,4,7-11,14-17H2,1-3H3,(H,27,28). The molecule has 2 unspecified atom stereocenters. The highest BCUT2D eigenvalue weighted by molar-refractivity contribution is 5.80. The van der Waals surface area contributed by atoms with Gasteiger partial charge in [0.2, 0.25) is 5.91 Å². The Morgan fingerprint density at radius 2 is 1.88 bits per heavy atom. The number of halogens is 1. The van der Waals surface area contributed by atoms with Gasteiger partial charge < -0.3 is 15.1 Å². The zero-order chi connectivity index (χ0) is 23.1. The first kappa shape index (κ1) is 24.0. The number of piperazine rings is 1. The highest BCUT2D eigenvalue weighted by atomic mass is 19.1. The topological polar surface area (TPSA) is 75.0 Å². The third kappa shape index (κ3) is 6.42. The lowest BCUT2D eigenvalue weighted by atomic mass is 9.92. The van der Waals surface area contributed by atoms with E-state index in [-0.39, 0.29) is 18.3 Å². The van der Waals surface area contributed by atoms with E-state index in [4.69, 9.17) is 5.26 Å². The van der Waals surface area contributed by atoms with Gasteiger partial charge in [-0.15, -0.1) is 0 Å². The number of aliphatic imine (C=N–C) groups is 1. The van der Waals surface area contributed by atoms with E-state index in [0.717, 1.165) is 45.2 Å². The van der Waals surface area contributed by atoms with Crippen molar-refractivity contribution in [3.8, 4) is 6.07 Å². The molecule has 0 spiro atoms. The molecule has 2 fully saturated rings. The zero-order valence-corrected chi connectivity index (χ0v) is 19.5. The molecule has 1 aromatic carbocycles. The fraction of sp³-hybridized carbons (Fsp3) is 0.625. The maximum absolute atomic E-state index is 14.1. The Hall–Kier alpha value is -2.66. The minimum Gasteiger partial charge on any atom is -0.357 e. The first-order chi connectivity index (χ1) is 15.4. The van der Waals surface area contributed by atoms with E-state index in [2.05, 4.69) is 34.0 Å². The van der Waals surface area contributed by atoms with Gasteiger partial charge in [-0.2, -0.15) is 5.26 Å². The van der Waals surface area contributed by atoms with Crippen molar-refractivity contribution in [3.05, 3.63) is 35.1 Å². The summed E-state index contributed by atoms with van der Waals surface area (Å²) < 4.78 is 14.1. The molecule has 2 aliphatic rings. The predicted molar refractivity (Wildman–Crippen MR) is 123 cm³/mol. The summed E-state index contributed by atoms with van der Waals surface area (Å²) in [7, 11) is 0. The highest BCUT2D eigenvalue weighted by Crippen LogP contribution is 2.21. The van der Waals surface area contributed by atoms with Crippen LogP contribution in [-0.4, -0.2) is 78.9 Å². The molecule has 1 aromatic rings. The SMILES string of the molecule is CCNC(=NCc1cc(C#N)ccc1F)N1CCN(CC(=O)N2CC(C)CC(C)C2)CC1. The number of amides is 1. The number of hydrogen-bond donors (Lipinski definition) is 1. The summed E-state index contributed by atoms with van der Waals surface area (Å²) >= 11 is 0. The average molecular weight is 443 g/mol. The van der Waals surface area contributed by atoms with Crippen LogP contribution in [0.2, 0.25) is 0 Å². The zero-order valence-electron chi connectivity index (χ0n) is 19.5. The summed E-state index contributed by atoms with van der Waals surface area (Å²) in [6, 6.07) is 6.38. The number of piperidine rings is 1. The number of nitriles is 1. The molecule has 8 heteroatoms. The predicted octanol–water partition coefficient (Wildman–Crippen LogP) is 2.28. The van der Waals surface area contributed by atoms with Crippen molar-refractivity contribution >= 4 is 11.9 Å². The van der Waals surface area contributed by atoms with Gasteiger partial charge in [-0.1, -0.05) is 13.8 Å². The number of guanidine groups is 1. The monoisotopic (exact) mass is 442 g/mol. The second-order valence-corrected chi connectivity index (χ2v) is 9.10. The van der Waals surface area contributed by atoms with Crippen molar-refractivity contribution in [3.63, 3.8) is 0 Å². The molecule has 1 amide bonds. The minimum absolute atomic E-state index is 0.174. The number of nitrogens with zero attached hydrogens (tertiary/aromatic N) is 5. The first-order valence-electron chi connectivity index (χ1n) is 11.6. The van der Waals surface area contributed by atoms with Crippen LogP contribution in [0.5, 0.6) is 0 Å². The van der Waals surface area contributed by atoms with E-state index < -0.39 is 0 Å². The number of carbonyl (C=O) groups excluding carboxylic acids is 1. The maximum Gasteiger partial charge on any atom is 0.236 e. The quantitative estimate of drug-likeness (QED) is 0.559. The van der Waals surface area contributed by atoms with Crippen molar-refractivity contribution in [1.29, 1.82) is 5.26 Å². The van der Waals surface area contributed by atoms with Crippen molar-refractivity contribution in [2.75, 3.05) is 52.4 Å². The van der Waals surface area contributed by atoms with Gasteiger partial charge in [-0.3, -0.25) is 9.69 Å². The van der Waals surface area contributed by atoms with Crippen LogP contribution < -0.4 is 5.32 Å². The van der Waals surface area contributed by atoms with Gasteiger partial charge >= 0.3 is 0 Å². The van der Waals surface area contributed by atoms with E-state index in [1.807, 2.05) is 17.9 Å². The fourth-order valence-corrected chi connectivity index (χ4v) is 4.63. The van der Waals surface area contributed by atoms with Crippen LogP contribution in [0.15, 0.2) is 23.2 Å². The summed E-state index contributed by atoms with van der Waals surface area (Å²) in [6.45, 7) is 12.6. The molecule has 0 saturated carbocycles. The molecule has 32 heavy (non-hydrogen) atoms. The Kier molecular flexibility index (Phi) is 8.46. The van der Waals surface area contributed by atoms with Gasteiger partial charge in [-0.05, 0) is 43.4 Å². The van der Waals surface area contributed by atoms with Crippen LogP contribution in [0.4, 0.5) is 4.39 Å². The van der Waals surface area contributed by atoms with Crippen LogP contribution >= 0.6 is 0 Å². The van der Waals surface area contributed by atoms with Crippen molar-refractivity contribution < 1.29 is 9.18 Å². The Labute approximate surface area is 190 Å². The molecule has 174 valence electrons. The average Bonchev–Trinajstić information content (AvgIpc) is 2.77. The van der Waals surface area contributed by atoms with Gasteiger partial charge in [0, 0.05) is 51.4 Å². The number of likely N-dealkylation sites (tertiary alicyclic amines) is 1. The third-order valence-corrected chi connectivity index (χ3v) is 6.16. The Morgan fingerprint density at radius 3 is 2.50 bits per heavy atom. The number of nitrogens with one attached hydrogen (secondary N) is 1. The van der Waals surface area contributed by atoms with Crippen LogP contribution in [0.1, 0.15) is 38.3 Å². The number of carbonyl (C=O) groups is 1. The van der Waals surface area contributed by atoms with E-state index in [1.54, 1.807) is 6.07 Å². The molecule has 2 saturated heterocycles. The van der Waals surface area contributed by atoms with Gasteiger partial charge in [0.15, 0.2) is 5.96 Å². The van der Waals surface area contributed by atoms with Crippen LogP contribution in [0.3, 0.4) is 0 Å². The molecule has 2 heterocycles. The first-order valence-corrected chi connectivity index (χ1v) is 11.6. The summed E-state index contributed by atoms with van der Waals surface area (Å²) in [5.74, 6) is 1.74. The summed E-state index contributed by atoms with van der Waals surface area (Å²) in [5, 5.41) is 12.3. The van der Waals surface area contributed by atoms with E-state index in [0.29, 0.717) is 36.1 Å². The van der Waals surface area contributed by atoms with Crippen molar-refractivity contribution in [1.82, 2.24) is 20.0 Å². The second kappa shape index (κ2) is 11.3. The largest absolute Gasteiger partial charge is 0.357 e. The fourth-order valence-electron chi connectivity index (χ4n) is 4.63. The number of benzene rings is 1. The number of hydrogen-bond acceptors (Lipinski definition) is 4. The van der Waals surface area contributed by atoms with Gasteiger partial charge in [0.25, 0.3) is 0 Å². The molecule has 0 bridgehead atoms. The lowest BCUT2D eigenvalue weighted by molar-refractivity contribution is -0.135. The third-order valence-electron chi connectivity index (χ3n) is 6.16. The molecular formula is C24H35FN6O. The molecule has 2 atom stereocenters. The van der Waals surface area contributed by atoms with Crippen LogP contribution in [0.25, 0.3) is 0 Å². The maximum atomic E-state index is 14.1. The Balaban J connectivity index is 1.55. The Morgan fingerprint density at radius 1 is 1.19 bits per heavy atom. The van der Waals surface area contributed by atoms with E-state index in [1.165, 1.54) is 18.6 Å².